The van der Waals surface area contributed by atoms with E-state index in [4.69, 9.17) is 19.5 Å². The second-order valence-electron chi connectivity index (χ2n) is 7.74. The van der Waals surface area contributed by atoms with Crippen molar-refractivity contribution in [3.8, 4) is 11.5 Å². The summed E-state index contributed by atoms with van der Waals surface area (Å²) in [6, 6.07) is 7.53. The van der Waals surface area contributed by atoms with Gasteiger partial charge < -0.3 is 20.1 Å². The maximum atomic E-state index is 13.6. The molecule has 0 fully saturated rings. The van der Waals surface area contributed by atoms with Gasteiger partial charge in [0, 0.05) is 23.9 Å². The molecule has 182 valence electrons. The van der Waals surface area contributed by atoms with E-state index >= 15 is 0 Å². The van der Waals surface area contributed by atoms with E-state index in [-0.39, 0.29) is 31.4 Å². The summed E-state index contributed by atoms with van der Waals surface area (Å²) in [5.74, 6) is -0.0283. The van der Waals surface area contributed by atoms with Gasteiger partial charge in [-0.1, -0.05) is 44.9 Å². The first-order valence-electron chi connectivity index (χ1n) is 11.0. The summed E-state index contributed by atoms with van der Waals surface area (Å²) in [5, 5.41) is 12.9. The lowest BCUT2D eigenvalue weighted by Gasteiger charge is -2.24. The van der Waals surface area contributed by atoms with Crippen LogP contribution in [-0.2, 0) is 31.8 Å². The topological polar surface area (TPSA) is 133 Å². The van der Waals surface area contributed by atoms with Gasteiger partial charge in [0.15, 0.2) is 0 Å². The molecule has 2 aromatic rings. The summed E-state index contributed by atoms with van der Waals surface area (Å²) in [7, 11) is -4.04. The Morgan fingerprint density at radius 1 is 1.24 bits per heavy atom. The number of aromatic nitrogens is 1. The predicted octanol–water partition coefficient (Wildman–Crippen LogP) is 4.22. The van der Waals surface area contributed by atoms with E-state index < -0.39 is 19.8 Å². The predicted molar refractivity (Wildman–Crippen MR) is 126 cm³/mol. The quantitative estimate of drug-likeness (QED) is 0.285. The fourth-order valence-electron chi connectivity index (χ4n) is 3.04. The van der Waals surface area contributed by atoms with Crippen LogP contribution in [0.25, 0.3) is 0 Å². The van der Waals surface area contributed by atoms with E-state index in [9.17, 15) is 14.5 Å². The number of nitrogens with zero attached hydrogens (tertiary/aromatic N) is 1. The van der Waals surface area contributed by atoms with Crippen molar-refractivity contribution in [3.63, 3.8) is 0 Å². The van der Waals surface area contributed by atoms with Crippen LogP contribution >= 0.6 is 7.75 Å². The minimum absolute atomic E-state index is 0.0382. The lowest BCUT2D eigenvalue weighted by atomic mass is 10.1. The van der Waals surface area contributed by atoms with Crippen molar-refractivity contribution in [1.82, 2.24) is 10.1 Å². The molecule has 2 rings (SSSR count). The largest absolute Gasteiger partial charge is 0.506 e. The molecule has 0 saturated carbocycles. The van der Waals surface area contributed by atoms with Crippen molar-refractivity contribution in [3.05, 3.63) is 53.3 Å². The van der Waals surface area contributed by atoms with Gasteiger partial charge >= 0.3 is 13.7 Å². The third-order valence-electron chi connectivity index (χ3n) is 5.31. The van der Waals surface area contributed by atoms with E-state index in [2.05, 4.69) is 10.1 Å². The molecule has 0 spiro atoms. The van der Waals surface area contributed by atoms with Crippen LogP contribution in [0.4, 0.5) is 0 Å². The van der Waals surface area contributed by atoms with Crippen LogP contribution < -0.4 is 15.3 Å². The molecule has 1 aromatic heterocycles. The molecule has 2 unspecified atom stereocenters. The second kappa shape index (κ2) is 12.7. The molecule has 4 N–H and O–H groups in total. The molecule has 0 amide bonds. The first kappa shape index (κ1) is 26.8. The number of pyridine rings is 1. The van der Waals surface area contributed by atoms with Crippen LogP contribution in [0.3, 0.4) is 0 Å². The van der Waals surface area contributed by atoms with Gasteiger partial charge in [0.25, 0.3) is 0 Å². The van der Waals surface area contributed by atoms with Gasteiger partial charge in [0.05, 0.1) is 18.9 Å². The zero-order chi connectivity index (χ0) is 24.4. The highest BCUT2D eigenvalue weighted by Crippen LogP contribution is 2.46. The summed E-state index contributed by atoms with van der Waals surface area (Å²) >= 11 is 0. The van der Waals surface area contributed by atoms with E-state index in [1.807, 2.05) is 13.8 Å². The lowest BCUT2D eigenvalue weighted by molar-refractivity contribution is -0.146. The zero-order valence-corrected chi connectivity index (χ0v) is 20.5. The fraction of sp³-hybridized carbons (Fsp3) is 0.478. The van der Waals surface area contributed by atoms with E-state index in [0.29, 0.717) is 22.6 Å². The average Bonchev–Trinajstić information content (AvgIpc) is 2.80. The Balaban J connectivity index is 2.18. The molecular weight excluding hydrogens is 445 g/mol. The van der Waals surface area contributed by atoms with Gasteiger partial charge in [0.2, 0.25) is 0 Å². The van der Waals surface area contributed by atoms with E-state index in [1.54, 1.807) is 37.3 Å². The molecule has 33 heavy (non-hydrogen) atoms. The molecule has 0 aliphatic carbocycles. The highest BCUT2D eigenvalue weighted by atomic mass is 31.2. The number of aromatic hydroxyl groups is 1. The van der Waals surface area contributed by atoms with Crippen molar-refractivity contribution in [2.45, 2.75) is 59.7 Å². The lowest BCUT2D eigenvalue weighted by Crippen LogP contribution is -2.35. The smallest absolute Gasteiger partial charge is 0.459 e. The number of ether oxygens (including phenoxy) is 1. The van der Waals surface area contributed by atoms with E-state index in [0.717, 1.165) is 12.8 Å². The van der Waals surface area contributed by atoms with Gasteiger partial charge in [-0.2, -0.15) is 5.09 Å². The number of aryl methyl sites for hydroxylation is 1. The number of hydrogen-bond acceptors (Lipinski definition) is 8. The normalized spacial score (nSPS) is 14.0. The molecule has 10 heteroatoms. The zero-order valence-electron chi connectivity index (χ0n) is 19.6. The number of nitrogens with two attached hydrogens (primary N) is 1. The van der Waals surface area contributed by atoms with Crippen LogP contribution in [0.1, 0.15) is 50.4 Å². The Morgan fingerprint density at radius 3 is 2.52 bits per heavy atom. The minimum atomic E-state index is -4.04. The van der Waals surface area contributed by atoms with Gasteiger partial charge in [0.1, 0.15) is 17.5 Å². The standard InChI is InChI=1S/C23H34N3O6P/c1-5-18(6-2)14-30-23(28)17(4)26-33(29,32-20-10-8-7-9-11-20)31-15-19-13-25-16(3)22(27)21(19)12-24/h7-11,13,17-18,27H,5-6,12,14-15,24H2,1-4H3,(H,26,29). The molecule has 9 nitrogen and oxygen atoms in total. The average molecular weight is 480 g/mol. The molecule has 0 bridgehead atoms. The Hall–Kier alpha value is -2.45. The number of esters is 1. The van der Waals surface area contributed by atoms with Crippen LogP contribution in [0, 0.1) is 12.8 Å². The number of rotatable bonds is 13. The Bertz CT molecular complexity index is 953. The Kier molecular flexibility index (Phi) is 10.3. The van der Waals surface area contributed by atoms with Crippen molar-refractivity contribution < 1.29 is 28.3 Å². The summed E-state index contributed by atoms with van der Waals surface area (Å²) in [5.41, 5.74) is 7.09. The second-order valence-corrected chi connectivity index (χ2v) is 9.43. The molecule has 1 aromatic carbocycles. The van der Waals surface area contributed by atoms with Crippen molar-refractivity contribution in [2.75, 3.05) is 6.61 Å². The van der Waals surface area contributed by atoms with E-state index in [1.165, 1.54) is 13.1 Å². The molecule has 0 radical (unpaired) electrons. The summed E-state index contributed by atoms with van der Waals surface area (Å²) in [4.78, 5) is 16.6. The highest BCUT2D eigenvalue weighted by molar-refractivity contribution is 7.52. The minimum Gasteiger partial charge on any atom is -0.506 e. The van der Waals surface area contributed by atoms with Crippen LogP contribution in [0.5, 0.6) is 11.5 Å². The SMILES string of the molecule is CCC(CC)COC(=O)C(C)NP(=O)(OCc1cnc(C)c(O)c1CN)Oc1ccccc1. The van der Waals surface area contributed by atoms with Gasteiger partial charge in [-0.15, -0.1) is 0 Å². The monoisotopic (exact) mass is 479 g/mol. The first-order valence-corrected chi connectivity index (χ1v) is 12.6. The van der Waals surface area contributed by atoms with Crippen LogP contribution in [0.2, 0.25) is 0 Å². The molecule has 0 aliphatic heterocycles. The summed E-state index contributed by atoms with van der Waals surface area (Å²) < 4.78 is 30.3. The highest BCUT2D eigenvalue weighted by Gasteiger charge is 2.33. The van der Waals surface area contributed by atoms with Gasteiger partial charge in [-0.25, -0.2) is 4.57 Å². The van der Waals surface area contributed by atoms with Crippen molar-refractivity contribution >= 4 is 13.7 Å². The Morgan fingerprint density at radius 2 is 1.91 bits per heavy atom. The molecule has 0 saturated heterocycles. The number of hydrogen-bond donors (Lipinski definition) is 3. The van der Waals surface area contributed by atoms with Crippen LogP contribution in [-0.4, -0.2) is 28.7 Å². The first-order chi connectivity index (χ1) is 15.7. The summed E-state index contributed by atoms with van der Waals surface area (Å²) in [6.07, 6.45) is 3.29. The van der Waals surface area contributed by atoms with Crippen molar-refractivity contribution in [2.24, 2.45) is 11.7 Å². The molecule has 2 atom stereocenters. The fourth-order valence-corrected chi connectivity index (χ4v) is 4.51. The number of benzene rings is 1. The third-order valence-corrected chi connectivity index (χ3v) is 6.94. The summed E-state index contributed by atoms with van der Waals surface area (Å²) in [6.45, 7) is 7.38. The molecule has 0 aliphatic rings. The third kappa shape index (κ3) is 7.82. The number of para-hydroxylation sites is 1. The molecule has 1 heterocycles. The Labute approximate surface area is 195 Å². The van der Waals surface area contributed by atoms with Gasteiger partial charge in [-0.05, 0) is 31.9 Å². The number of carbonyl (C=O) groups is 1. The number of carbonyl (C=O) groups excluding carboxylic acids is 1. The maximum Gasteiger partial charge on any atom is 0.459 e. The maximum absolute atomic E-state index is 13.6. The molecular formula is C23H34N3O6P. The van der Waals surface area contributed by atoms with Gasteiger partial charge in [-0.3, -0.25) is 14.3 Å². The van der Waals surface area contributed by atoms with Crippen molar-refractivity contribution in [1.29, 1.82) is 0 Å². The van der Waals surface area contributed by atoms with Crippen LogP contribution in [0.15, 0.2) is 36.5 Å². The number of nitrogens with one attached hydrogen (secondary N) is 1.